The lowest BCUT2D eigenvalue weighted by Crippen LogP contribution is -2.57. The first-order valence-electron chi connectivity index (χ1n) is 10.1. The van der Waals surface area contributed by atoms with Gasteiger partial charge in [0.1, 0.15) is 6.10 Å². The molecule has 1 aromatic rings. The van der Waals surface area contributed by atoms with E-state index in [0.717, 1.165) is 18.4 Å². The maximum Gasteiger partial charge on any atom is 0.306 e. The highest BCUT2D eigenvalue weighted by atomic mass is 35.5. The molecule has 1 saturated heterocycles. The number of hydrogen-bond donors (Lipinski definition) is 2. The molecule has 2 fully saturated rings. The highest BCUT2D eigenvalue weighted by molar-refractivity contribution is 7.83. The number of rotatable bonds is 8. The summed E-state index contributed by atoms with van der Waals surface area (Å²) in [5.41, 5.74) is 0.539. The van der Waals surface area contributed by atoms with E-state index >= 15 is 0 Å². The number of halogens is 1. The highest BCUT2D eigenvalue weighted by Crippen LogP contribution is 2.41. The smallest absolute Gasteiger partial charge is 0.306 e. The third-order valence-electron chi connectivity index (χ3n) is 5.20. The molecule has 1 aliphatic carbocycles. The third kappa shape index (κ3) is 6.03. The van der Waals surface area contributed by atoms with E-state index < -0.39 is 23.1 Å². The van der Waals surface area contributed by atoms with Crippen molar-refractivity contribution in [2.45, 2.75) is 63.8 Å². The van der Waals surface area contributed by atoms with Gasteiger partial charge < -0.3 is 14.7 Å². The molecular formula is C21H29ClN2O5S. The van der Waals surface area contributed by atoms with Gasteiger partial charge in [-0.15, -0.1) is 0 Å². The molecule has 2 aliphatic rings. The molecule has 9 heteroatoms. The molecule has 1 aliphatic heterocycles. The standard InChI is InChI=1S/C21H29ClN2O5S/c1-21(2,3)23-30(28)12-17(14-4-5-14)24-16(13-6-8-15(22)9-7-13)11-29-18(20(24)27)10-19(25)26/h6-9,14,16-18,23H,4-5,10-12H2,1-3H3,(H,25,26). The predicted octanol–water partition coefficient (Wildman–Crippen LogP) is 2.91. The van der Waals surface area contributed by atoms with Gasteiger partial charge in [-0.1, -0.05) is 23.7 Å². The number of aliphatic carboxylic acids is 1. The lowest BCUT2D eigenvalue weighted by atomic mass is 9.98. The summed E-state index contributed by atoms with van der Waals surface area (Å²) in [5.74, 6) is -0.900. The molecule has 166 valence electrons. The fraction of sp³-hybridized carbons (Fsp3) is 0.619. The molecule has 1 heterocycles. The number of carboxylic acid groups (broad SMARTS) is 1. The van der Waals surface area contributed by atoms with E-state index in [1.54, 1.807) is 17.0 Å². The number of nitrogens with zero attached hydrogens (tertiary/aromatic N) is 1. The molecule has 2 N–H and O–H groups in total. The summed E-state index contributed by atoms with van der Waals surface area (Å²) in [6.07, 6.45) is 0.498. The van der Waals surface area contributed by atoms with Gasteiger partial charge >= 0.3 is 5.97 Å². The minimum absolute atomic E-state index is 0.188. The number of carboxylic acids is 1. The maximum absolute atomic E-state index is 13.3. The Morgan fingerprint density at radius 1 is 1.33 bits per heavy atom. The van der Waals surface area contributed by atoms with E-state index in [1.165, 1.54) is 0 Å². The molecule has 1 amide bonds. The molecule has 0 bridgehead atoms. The number of carbonyl (C=O) groups is 2. The molecule has 0 spiro atoms. The van der Waals surface area contributed by atoms with E-state index in [1.807, 2.05) is 32.9 Å². The zero-order valence-electron chi connectivity index (χ0n) is 17.5. The Balaban J connectivity index is 1.91. The van der Waals surface area contributed by atoms with Crippen LogP contribution >= 0.6 is 11.6 Å². The van der Waals surface area contributed by atoms with E-state index in [9.17, 15) is 18.9 Å². The first-order valence-corrected chi connectivity index (χ1v) is 11.8. The Morgan fingerprint density at radius 2 is 1.97 bits per heavy atom. The van der Waals surface area contributed by atoms with Crippen molar-refractivity contribution in [3.63, 3.8) is 0 Å². The lowest BCUT2D eigenvalue weighted by Gasteiger charge is -2.44. The van der Waals surface area contributed by atoms with Crippen LogP contribution in [0.15, 0.2) is 24.3 Å². The summed E-state index contributed by atoms with van der Waals surface area (Å²) in [5, 5.41) is 9.78. The number of benzene rings is 1. The van der Waals surface area contributed by atoms with Crippen LogP contribution in [0.3, 0.4) is 0 Å². The van der Waals surface area contributed by atoms with E-state index in [0.29, 0.717) is 5.02 Å². The predicted molar refractivity (Wildman–Crippen MR) is 115 cm³/mol. The van der Waals surface area contributed by atoms with E-state index in [4.69, 9.17) is 16.3 Å². The summed E-state index contributed by atoms with van der Waals surface area (Å²) >= 11 is 6.02. The molecule has 0 aromatic heterocycles. The van der Waals surface area contributed by atoms with Crippen molar-refractivity contribution in [3.05, 3.63) is 34.9 Å². The first-order chi connectivity index (χ1) is 14.0. The minimum Gasteiger partial charge on any atom is -0.481 e. The Kier molecular flexibility index (Phi) is 7.22. The van der Waals surface area contributed by atoms with Crippen molar-refractivity contribution >= 4 is 34.5 Å². The second-order valence-corrected chi connectivity index (χ2v) is 10.7. The fourth-order valence-corrected chi connectivity index (χ4v) is 5.42. The van der Waals surface area contributed by atoms with Crippen LogP contribution in [0.1, 0.15) is 51.6 Å². The van der Waals surface area contributed by atoms with Gasteiger partial charge in [-0.2, -0.15) is 0 Å². The molecule has 4 atom stereocenters. The van der Waals surface area contributed by atoms with Crippen molar-refractivity contribution < 1.29 is 23.6 Å². The van der Waals surface area contributed by atoms with E-state index in [2.05, 4.69) is 4.72 Å². The Hall–Kier alpha value is -1.48. The monoisotopic (exact) mass is 456 g/mol. The molecule has 0 radical (unpaired) electrons. The number of nitrogens with one attached hydrogen (secondary N) is 1. The van der Waals surface area contributed by atoms with Gasteiger partial charge in [0.15, 0.2) is 0 Å². The van der Waals surface area contributed by atoms with Crippen molar-refractivity contribution in [3.8, 4) is 0 Å². The average molecular weight is 457 g/mol. The molecular weight excluding hydrogens is 428 g/mol. The number of hydrogen-bond acceptors (Lipinski definition) is 4. The van der Waals surface area contributed by atoms with Crippen LogP contribution in [-0.4, -0.2) is 56.1 Å². The first kappa shape index (κ1) is 23.2. The average Bonchev–Trinajstić information content (AvgIpc) is 3.46. The van der Waals surface area contributed by atoms with Gasteiger partial charge in [0.25, 0.3) is 5.91 Å². The molecule has 3 rings (SSSR count). The normalized spacial score (nSPS) is 24.5. The van der Waals surface area contributed by atoms with Gasteiger partial charge in [0.2, 0.25) is 0 Å². The Labute approximate surface area is 184 Å². The summed E-state index contributed by atoms with van der Waals surface area (Å²) < 4.78 is 21.6. The molecule has 7 nitrogen and oxygen atoms in total. The molecule has 1 saturated carbocycles. The van der Waals surface area contributed by atoms with Gasteiger partial charge in [-0.25, -0.2) is 8.93 Å². The van der Waals surface area contributed by atoms with Gasteiger partial charge in [-0.3, -0.25) is 9.59 Å². The van der Waals surface area contributed by atoms with Gasteiger partial charge in [0, 0.05) is 16.6 Å². The van der Waals surface area contributed by atoms with Crippen LogP contribution in [0.2, 0.25) is 5.02 Å². The van der Waals surface area contributed by atoms with Crippen molar-refractivity contribution in [1.29, 1.82) is 0 Å². The van der Waals surface area contributed by atoms with Crippen molar-refractivity contribution in [2.75, 3.05) is 12.4 Å². The SMILES string of the molecule is CC(C)(C)NS(=O)CC(C1CC1)N1C(=O)C(CC(=O)O)OCC1c1ccc(Cl)cc1. The highest BCUT2D eigenvalue weighted by Gasteiger charge is 2.47. The van der Waals surface area contributed by atoms with Crippen LogP contribution < -0.4 is 4.72 Å². The fourth-order valence-electron chi connectivity index (χ4n) is 3.78. The van der Waals surface area contributed by atoms with E-state index in [-0.39, 0.29) is 48.2 Å². The number of carbonyl (C=O) groups excluding carboxylic acids is 1. The largest absolute Gasteiger partial charge is 0.481 e. The molecule has 30 heavy (non-hydrogen) atoms. The van der Waals surface area contributed by atoms with Crippen LogP contribution in [-0.2, 0) is 25.3 Å². The second-order valence-electron chi connectivity index (χ2n) is 9.00. The van der Waals surface area contributed by atoms with Crippen LogP contribution in [0, 0.1) is 5.92 Å². The topological polar surface area (TPSA) is 95.9 Å². The molecule has 4 unspecified atom stereocenters. The Bertz CT molecular complexity index is 807. The van der Waals surface area contributed by atoms with Gasteiger partial charge in [-0.05, 0) is 57.2 Å². The maximum atomic E-state index is 13.3. The summed E-state index contributed by atoms with van der Waals surface area (Å²) in [4.78, 5) is 26.3. The summed E-state index contributed by atoms with van der Waals surface area (Å²) in [6, 6.07) is 6.58. The van der Waals surface area contributed by atoms with Gasteiger partial charge in [0.05, 0.1) is 35.8 Å². The zero-order valence-corrected chi connectivity index (χ0v) is 19.0. The second kappa shape index (κ2) is 9.34. The number of ether oxygens (including phenoxy) is 1. The molecule has 1 aromatic carbocycles. The number of amides is 1. The number of morpholine rings is 1. The third-order valence-corrected chi connectivity index (χ3v) is 6.94. The van der Waals surface area contributed by atoms with Crippen LogP contribution in [0.4, 0.5) is 0 Å². The van der Waals surface area contributed by atoms with Crippen LogP contribution in [0.25, 0.3) is 0 Å². The zero-order chi connectivity index (χ0) is 22.1. The minimum atomic E-state index is -1.34. The summed E-state index contributed by atoms with van der Waals surface area (Å²) in [7, 11) is -1.34. The van der Waals surface area contributed by atoms with Crippen molar-refractivity contribution in [2.24, 2.45) is 5.92 Å². The van der Waals surface area contributed by atoms with Crippen LogP contribution in [0.5, 0.6) is 0 Å². The quantitative estimate of drug-likeness (QED) is 0.627. The Morgan fingerprint density at radius 3 is 2.50 bits per heavy atom. The van der Waals surface area contributed by atoms with Crippen molar-refractivity contribution in [1.82, 2.24) is 9.62 Å². The summed E-state index contributed by atoms with van der Waals surface area (Å²) in [6.45, 7) is 6.01. The lowest BCUT2D eigenvalue weighted by molar-refractivity contribution is -0.169.